The van der Waals surface area contributed by atoms with Gasteiger partial charge in [-0.3, -0.25) is 10.1 Å². The average Bonchev–Trinajstić information content (AvgIpc) is 2.25. The fourth-order valence-electron chi connectivity index (χ4n) is 1.25. The van der Waals surface area contributed by atoms with E-state index in [1.54, 1.807) is 6.92 Å². The largest absolute Gasteiger partial charge is 0.381 e. The first-order chi connectivity index (χ1) is 7.91. The lowest BCUT2D eigenvalue weighted by atomic mass is 10.1. The molecule has 0 unspecified atom stereocenters. The number of rotatable bonds is 5. The number of alkyl halides is 2. The smallest absolute Gasteiger partial charge is 0.270 e. The Morgan fingerprint density at radius 1 is 1.59 bits per heavy atom. The molecule has 0 atom stereocenters. The van der Waals surface area contributed by atoms with Gasteiger partial charge in [-0.2, -0.15) is 0 Å². The molecule has 0 heterocycles. The zero-order valence-corrected chi connectivity index (χ0v) is 9.24. The molecular formula is C11H12F2N2O2. The third kappa shape index (κ3) is 3.51. The van der Waals surface area contributed by atoms with E-state index in [0.29, 0.717) is 6.54 Å². The van der Waals surface area contributed by atoms with E-state index in [9.17, 15) is 18.9 Å². The van der Waals surface area contributed by atoms with Gasteiger partial charge in [0.15, 0.2) is 0 Å². The molecule has 0 bridgehead atoms. The first-order valence-corrected chi connectivity index (χ1v) is 4.86. The van der Waals surface area contributed by atoms with Crippen LogP contribution in [0.15, 0.2) is 30.4 Å². The molecule has 0 amide bonds. The standard InChI is InChI=1S/C11H12F2N2O2/c1-7(2)6-14-10-4-3-8(15(16)17)5-9(10)11(12)13/h3-5,11,14H,1,6H2,2H3. The van der Waals surface area contributed by atoms with Crippen LogP contribution < -0.4 is 5.32 Å². The summed E-state index contributed by atoms with van der Waals surface area (Å²) in [5.74, 6) is 0. The maximum atomic E-state index is 12.7. The summed E-state index contributed by atoms with van der Waals surface area (Å²) in [5.41, 5.74) is 0.249. The fraction of sp³-hybridized carbons (Fsp3) is 0.273. The number of non-ortho nitro benzene ring substituents is 1. The summed E-state index contributed by atoms with van der Waals surface area (Å²) in [7, 11) is 0. The number of hydrogen-bond donors (Lipinski definition) is 1. The van der Waals surface area contributed by atoms with Gasteiger partial charge >= 0.3 is 0 Å². The zero-order chi connectivity index (χ0) is 13.0. The van der Waals surface area contributed by atoms with E-state index in [1.165, 1.54) is 12.1 Å². The second-order valence-electron chi connectivity index (χ2n) is 3.64. The Bertz CT molecular complexity index is 447. The normalized spacial score (nSPS) is 10.4. The van der Waals surface area contributed by atoms with Gasteiger partial charge in [-0.15, -0.1) is 0 Å². The molecule has 0 spiro atoms. The summed E-state index contributed by atoms with van der Waals surface area (Å²) in [4.78, 5) is 9.78. The number of nitro benzene ring substituents is 1. The molecule has 0 aliphatic rings. The Morgan fingerprint density at radius 3 is 2.71 bits per heavy atom. The summed E-state index contributed by atoms with van der Waals surface area (Å²) >= 11 is 0. The van der Waals surface area contributed by atoms with Crippen LogP contribution in [0.3, 0.4) is 0 Å². The molecule has 0 radical (unpaired) electrons. The first kappa shape index (κ1) is 13.1. The van der Waals surface area contributed by atoms with Crippen LogP contribution in [0.2, 0.25) is 0 Å². The number of halogens is 2. The minimum Gasteiger partial charge on any atom is -0.381 e. The summed E-state index contributed by atoms with van der Waals surface area (Å²) in [5, 5.41) is 13.2. The van der Waals surface area contributed by atoms with E-state index in [1.807, 2.05) is 0 Å². The third-order valence-corrected chi connectivity index (χ3v) is 2.06. The van der Waals surface area contributed by atoms with Crippen LogP contribution >= 0.6 is 0 Å². The average molecular weight is 242 g/mol. The van der Waals surface area contributed by atoms with Gasteiger partial charge in [0.2, 0.25) is 0 Å². The number of benzene rings is 1. The van der Waals surface area contributed by atoms with Gasteiger partial charge in [0, 0.05) is 29.9 Å². The maximum absolute atomic E-state index is 12.7. The summed E-state index contributed by atoms with van der Waals surface area (Å²) < 4.78 is 25.4. The molecule has 1 aromatic rings. The van der Waals surface area contributed by atoms with Crippen molar-refractivity contribution in [3.8, 4) is 0 Å². The number of hydrogen-bond acceptors (Lipinski definition) is 3. The van der Waals surface area contributed by atoms with E-state index >= 15 is 0 Å². The molecule has 4 nitrogen and oxygen atoms in total. The molecule has 0 saturated carbocycles. The molecule has 92 valence electrons. The van der Waals surface area contributed by atoms with Gasteiger partial charge in [0.25, 0.3) is 12.1 Å². The molecule has 0 aliphatic carbocycles. The Labute approximate surface area is 97.1 Å². The van der Waals surface area contributed by atoms with Crippen LogP contribution in [0, 0.1) is 10.1 Å². The summed E-state index contributed by atoms with van der Waals surface area (Å²) in [6.45, 7) is 5.73. The molecule has 0 aromatic heterocycles. The molecule has 1 aromatic carbocycles. The van der Waals surface area contributed by atoms with Crippen LogP contribution in [0.25, 0.3) is 0 Å². The van der Waals surface area contributed by atoms with Crippen molar-refractivity contribution in [2.24, 2.45) is 0 Å². The van der Waals surface area contributed by atoms with Gasteiger partial charge in [0.1, 0.15) is 0 Å². The van der Waals surface area contributed by atoms with Crippen LogP contribution in [0.1, 0.15) is 18.9 Å². The Hall–Kier alpha value is -1.98. The SMILES string of the molecule is C=C(C)CNc1ccc([N+](=O)[O-])cc1C(F)F. The molecular weight excluding hydrogens is 230 g/mol. The van der Waals surface area contributed by atoms with Crippen LogP contribution in [-0.4, -0.2) is 11.5 Å². The van der Waals surface area contributed by atoms with Gasteiger partial charge in [-0.05, 0) is 13.0 Å². The molecule has 1 rings (SSSR count). The Balaban J connectivity index is 3.04. The van der Waals surface area contributed by atoms with Crippen molar-refractivity contribution in [2.45, 2.75) is 13.3 Å². The molecule has 0 saturated heterocycles. The van der Waals surface area contributed by atoms with Crippen LogP contribution in [0.5, 0.6) is 0 Å². The van der Waals surface area contributed by atoms with E-state index in [-0.39, 0.29) is 16.9 Å². The maximum Gasteiger partial charge on any atom is 0.270 e. The van der Waals surface area contributed by atoms with Gasteiger partial charge in [0.05, 0.1) is 4.92 Å². The fourth-order valence-corrected chi connectivity index (χ4v) is 1.25. The van der Waals surface area contributed by atoms with E-state index in [0.717, 1.165) is 11.6 Å². The summed E-state index contributed by atoms with van der Waals surface area (Å²) in [6.07, 6.45) is -2.76. The summed E-state index contributed by atoms with van der Waals surface area (Å²) in [6, 6.07) is 3.35. The minimum absolute atomic E-state index is 0.189. The second-order valence-corrected chi connectivity index (χ2v) is 3.64. The van der Waals surface area contributed by atoms with Crippen molar-refractivity contribution in [3.05, 3.63) is 46.0 Å². The molecule has 17 heavy (non-hydrogen) atoms. The monoisotopic (exact) mass is 242 g/mol. The highest BCUT2D eigenvalue weighted by atomic mass is 19.3. The van der Waals surface area contributed by atoms with Crippen LogP contribution in [-0.2, 0) is 0 Å². The van der Waals surface area contributed by atoms with Crippen molar-refractivity contribution in [1.82, 2.24) is 0 Å². The molecule has 0 aliphatic heterocycles. The molecule has 1 N–H and O–H groups in total. The van der Waals surface area contributed by atoms with Gasteiger partial charge in [-0.1, -0.05) is 12.2 Å². The lowest BCUT2D eigenvalue weighted by molar-refractivity contribution is -0.385. The van der Waals surface area contributed by atoms with Crippen molar-refractivity contribution in [1.29, 1.82) is 0 Å². The second kappa shape index (κ2) is 5.38. The number of nitrogens with one attached hydrogen (secondary N) is 1. The Kier molecular flexibility index (Phi) is 4.14. The highest BCUT2D eigenvalue weighted by Gasteiger charge is 2.17. The topological polar surface area (TPSA) is 55.2 Å². The highest BCUT2D eigenvalue weighted by molar-refractivity contribution is 5.57. The Morgan fingerprint density at radius 2 is 2.24 bits per heavy atom. The van der Waals surface area contributed by atoms with Crippen molar-refractivity contribution in [2.75, 3.05) is 11.9 Å². The third-order valence-electron chi connectivity index (χ3n) is 2.06. The first-order valence-electron chi connectivity index (χ1n) is 4.86. The van der Waals surface area contributed by atoms with Crippen molar-refractivity contribution >= 4 is 11.4 Å². The van der Waals surface area contributed by atoms with Gasteiger partial charge in [-0.25, -0.2) is 8.78 Å². The highest BCUT2D eigenvalue weighted by Crippen LogP contribution is 2.30. The predicted molar refractivity (Wildman–Crippen MR) is 61.4 cm³/mol. The van der Waals surface area contributed by atoms with E-state index in [2.05, 4.69) is 11.9 Å². The number of nitrogens with zero attached hydrogens (tertiary/aromatic N) is 1. The minimum atomic E-state index is -2.76. The molecule has 6 heteroatoms. The quantitative estimate of drug-likeness (QED) is 0.488. The van der Waals surface area contributed by atoms with E-state index < -0.39 is 11.3 Å². The van der Waals surface area contributed by atoms with E-state index in [4.69, 9.17) is 0 Å². The lowest BCUT2D eigenvalue weighted by Gasteiger charge is -2.11. The van der Waals surface area contributed by atoms with Crippen LogP contribution in [0.4, 0.5) is 20.2 Å². The van der Waals surface area contributed by atoms with Gasteiger partial charge < -0.3 is 5.32 Å². The number of anilines is 1. The van der Waals surface area contributed by atoms with Crippen molar-refractivity contribution in [3.63, 3.8) is 0 Å². The van der Waals surface area contributed by atoms with Crippen molar-refractivity contribution < 1.29 is 13.7 Å². The zero-order valence-electron chi connectivity index (χ0n) is 9.24. The molecule has 0 fully saturated rings. The lowest BCUT2D eigenvalue weighted by Crippen LogP contribution is -2.05. The predicted octanol–water partition coefficient (Wildman–Crippen LogP) is 3.52. The number of nitro groups is 1.